The molecule has 2 aliphatic rings. The topological polar surface area (TPSA) is 15.3 Å². The van der Waals surface area contributed by atoms with E-state index in [1.54, 1.807) is 0 Å². The summed E-state index contributed by atoms with van der Waals surface area (Å²) in [6.45, 7) is 8.38. The van der Waals surface area contributed by atoms with Crippen molar-refractivity contribution in [3.05, 3.63) is 0 Å². The third-order valence-corrected chi connectivity index (χ3v) is 4.41. The Labute approximate surface area is 101 Å². The van der Waals surface area contributed by atoms with Gasteiger partial charge < -0.3 is 10.2 Å². The smallest absolute Gasteiger partial charge is 0.00985 e. The van der Waals surface area contributed by atoms with E-state index in [1.807, 2.05) is 0 Å². The molecule has 1 aliphatic carbocycles. The van der Waals surface area contributed by atoms with E-state index < -0.39 is 0 Å². The molecule has 0 aromatic carbocycles. The molecule has 16 heavy (non-hydrogen) atoms. The van der Waals surface area contributed by atoms with Gasteiger partial charge in [0.2, 0.25) is 0 Å². The normalized spacial score (nSPS) is 31.1. The number of hydrogen-bond donors (Lipinski definition) is 1. The minimum Gasteiger partial charge on any atom is -0.315 e. The van der Waals surface area contributed by atoms with Gasteiger partial charge in [-0.3, -0.25) is 0 Å². The fourth-order valence-electron chi connectivity index (χ4n) is 3.52. The van der Waals surface area contributed by atoms with Crippen LogP contribution in [0.4, 0.5) is 0 Å². The predicted molar refractivity (Wildman–Crippen MR) is 69.7 cm³/mol. The number of fused-ring (bicyclic) bond motifs is 2. The van der Waals surface area contributed by atoms with Gasteiger partial charge in [0.25, 0.3) is 0 Å². The highest BCUT2D eigenvalue weighted by Crippen LogP contribution is 2.37. The Balaban J connectivity index is 1.52. The first-order valence-electron chi connectivity index (χ1n) is 7.27. The molecular weight excluding hydrogens is 196 g/mol. The van der Waals surface area contributed by atoms with Gasteiger partial charge in [-0.05, 0) is 58.0 Å². The van der Waals surface area contributed by atoms with Gasteiger partial charge in [0, 0.05) is 18.6 Å². The summed E-state index contributed by atoms with van der Waals surface area (Å²) in [6.07, 6.45) is 8.64. The van der Waals surface area contributed by atoms with Crippen molar-refractivity contribution in [2.75, 3.05) is 19.6 Å². The van der Waals surface area contributed by atoms with Crippen LogP contribution in [0.3, 0.4) is 0 Å². The van der Waals surface area contributed by atoms with Gasteiger partial charge in [-0.25, -0.2) is 0 Å². The number of nitrogens with one attached hydrogen (secondary N) is 1. The molecule has 2 heteroatoms. The maximum absolute atomic E-state index is 3.49. The summed E-state index contributed by atoms with van der Waals surface area (Å²) in [4.78, 5) is 2.76. The summed E-state index contributed by atoms with van der Waals surface area (Å²) < 4.78 is 0. The van der Waals surface area contributed by atoms with E-state index in [2.05, 4.69) is 24.1 Å². The number of nitrogens with zero attached hydrogens (tertiary/aromatic N) is 1. The van der Waals surface area contributed by atoms with Gasteiger partial charge in [-0.1, -0.05) is 13.3 Å². The van der Waals surface area contributed by atoms with Crippen molar-refractivity contribution in [3.63, 3.8) is 0 Å². The molecule has 94 valence electrons. The number of rotatable bonds is 7. The van der Waals surface area contributed by atoms with E-state index in [0.717, 1.165) is 18.5 Å². The minimum atomic E-state index is 0.708. The van der Waals surface area contributed by atoms with Gasteiger partial charge in [0.1, 0.15) is 0 Å². The Kier molecular flexibility index (Phi) is 4.66. The molecule has 1 saturated heterocycles. The quantitative estimate of drug-likeness (QED) is 0.669. The van der Waals surface area contributed by atoms with Gasteiger partial charge >= 0.3 is 0 Å². The van der Waals surface area contributed by atoms with E-state index >= 15 is 0 Å². The van der Waals surface area contributed by atoms with Crippen molar-refractivity contribution in [2.24, 2.45) is 5.92 Å². The van der Waals surface area contributed by atoms with Crippen molar-refractivity contribution in [2.45, 2.75) is 64.5 Å². The lowest BCUT2D eigenvalue weighted by molar-refractivity contribution is 0.208. The van der Waals surface area contributed by atoms with Crippen molar-refractivity contribution in [3.8, 4) is 0 Å². The fraction of sp³-hybridized carbons (Fsp3) is 1.00. The average molecular weight is 224 g/mol. The van der Waals surface area contributed by atoms with Crippen LogP contribution in [0, 0.1) is 5.92 Å². The first kappa shape index (κ1) is 12.4. The lowest BCUT2D eigenvalue weighted by Crippen LogP contribution is -2.33. The molecule has 1 aliphatic heterocycles. The van der Waals surface area contributed by atoms with Gasteiger partial charge in [-0.2, -0.15) is 0 Å². The second kappa shape index (κ2) is 6.02. The highest BCUT2D eigenvalue weighted by atomic mass is 15.2. The van der Waals surface area contributed by atoms with E-state index in [0.29, 0.717) is 6.04 Å². The van der Waals surface area contributed by atoms with Crippen LogP contribution in [0.15, 0.2) is 0 Å². The minimum absolute atomic E-state index is 0.708. The lowest BCUT2D eigenvalue weighted by Gasteiger charge is -2.26. The molecule has 1 N–H and O–H groups in total. The second-order valence-electron chi connectivity index (χ2n) is 5.78. The molecule has 1 heterocycles. The molecule has 2 bridgehead atoms. The van der Waals surface area contributed by atoms with Gasteiger partial charge in [-0.15, -0.1) is 0 Å². The zero-order valence-electron chi connectivity index (χ0n) is 11.0. The molecule has 0 amide bonds. The molecule has 0 aromatic heterocycles. The molecule has 2 nitrogen and oxygen atoms in total. The van der Waals surface area contributed by atoms with Crippen molar-refractivity contribution >= 4 is 0 Å². The molecule has 0 radical (unpaired) electrons. The highest BCUT2D eigenvalue weighted by molar-refractivity contribution is 4.91. The van der Waals surface area contributed by atoms with Gasteiger partial charge in [0.05, 0.1) is 0 Å². The van der Waals surface area contributed by atoms with Gasteiger partial charge in [0.15, 0.2) is 0 Å². The maximum atomic E-state index is 3.49. The highest BCUT2D eigenvalue weighted by Gasteiger charge is 2.36. The number of hydrogen-bond acceptors (Lipinski definition) is 2. The third-order valence-electron chi connectivity index (χ3n) is 4.41. The van der Waals surface area contributed by atoms with E-state index in [9.17, 15) is 0 Å². The standard InChI is InChI=1S/C14H28N2/c1-3-15-12(2)6-4-5-9-16-11-13-7-8-14(16)10-13/h12-15H,3-11H2,1-2H3. The zero-order chi connectivity index (χ0) is 11.4. The summed E-state index contributed by atoms with van der Waals surface area (Å²) in [6, 6.07) is 1.68. The van der Waals surface area contributed by atoms with Crippen molar-refractivity contribution < 1.29 is 0 Å². The number of likely N-dealkylation sites (tertiary alicyclic amines) is 1. The van der Waals surface area contributed by atoms with E-state index in [1.165, 1.54) is 51.6 Å². The monoisotopic (exact) mass is 224 g/mol. The van der Waals surface area contributed by atoms with Crippen LogP contribution in [-0.4, -0.2) is 36.6 Å². The largest absolute Gasteiger partial charge is 0.315 e. The van der Waals surface area contributed by atoms with E-state index in [4.69, 9.17) is 0 Å². The fourth-order valence-corrected chi connectivity index (χ4v) is 3.52. The van der Waals surface area contributed by atoms with Crippen molar-refractivity contribution in [1.82, 2.24) is 10.2 Å². The lowest BCUT2D eigenvalue weighted by atomic mass is 10.1. The Morgan fingerprint density at radius 2 is 2.19 bits per heavy atom. The van der Waals surface area contributed by atoms with Crippen molar-refractivity contribution in [1.29, 1.82) is 0 Å². The molecular formula is C14H28N2. The van der Waals surface area contributed by atoms with Crippen LogP contribution in [0.1, 0.15) is 52.4 Å². The molecule has 1 saturated carbocycles. The second-order valence-corrected chi connectivity index (χ2v) is 5.78. The van der Waals surface area contributed by atoms with Crippen LogP contribution in [-0.2, 0) is 0 Å². The summed E-state index contributed by atoms with van der Waals surface area (Å²) >= 11 is 0. The Morgan fingerprint density at radius 1 is 1.31 bits per heavy atom. The van der Waals surface area contributed by atoms with Crippen LogP contribution in [0.25, 0.3) is 0 Å². The summed E-state index contributed by atoms with van der Waals surface area (Å²) in [5, 5.41) is 3.49. The number of unbranched alkanes of at least 4 members (excludes halogenated alkanes) is 1. The first-order valence-corrected chi connectivity index (χ1v) is 7.27. The molecule has 2 fully saturated rings. The Bertz CT molecular complexity index is 205. The van der Waals surface area contributed by atoms with E-state index in [-0.39, 0.29) is 0 Å². The van der Waals surface area contributed by atoms with Crippen LogP contribution in [0.5, 0.6) is 0 Å². The van der Waals surface area contributed by atoms with Crippen LogP contribution < -0.4 is 5.32 Å². The summed E-state index contributed by atoms with van der Waals surface area (Å²) in [5.74, 6) is 1.06. The molecule has 2 rings (SSSR count). The number of piperidine rings is 1. The molecule has 3 atom stereocenters. The average Bonchev–Trinajstić information content (AvgIpc) is 2.86. The first-order chi connectivity index (χ1) is 7.79. The summed E-state index contributed by atoms with van der Waals surface area (Å²) in [5.41, 5.74) is 0. The Hall–Kier alpha value is -0.0800. The predicted octanol–water partition coefficient (Wildman–Crippen LogP) is 2.64. The maximum Gasteiger partial charge on any atom is 0.00985 e. The SMILES string of the molecule is CCNC(C)CCCCN1CC2CCC1C2. The third kappa shape index (κ3) is 3.21. The molecule has 0 spiro atoms. The Morgan fingerprint density at radius 3 is 2.81 bits per heavy atom. The molecule has 0 aromatic rings. The van der Waals surface area contributed by atoms with Crippen LogP contribution >= 0.6 is 0 Å². The van der Waals surface area contributed by atoms with Crippen LogP contribution in [0.2, 0.25) is 0 Å². The molecule has 3 unspecified atom stereocenters. The zero-order valence-corrected chi connectivity index (χ0v) is 11.0. The summed E-state index contributed by atoms with van der Waals surface area (Å²) in [7, 11) is 0.